The third kappa shape index (κ3) is 5.22. The molecular weight excluding hydrogens is 203 g/mol. The van der Waals surface area contributed by atoms with E-state index in [-0.39, 0.29) is 35.3 Å². The van der Waals surface area contributed by atoms with Crippen LogP contribution in [0.2, 0.25) is 0 Å². The molecule has 0 spiro atoms. The summed E-state index contributed by atoms with van der Waals surface area (Å²) in [4.78, 5) is 0. The van der Waals surface area contributed by atoms with E-state index in [0.29, 0.717) is 0 Å². The van der Waals surface area contributed by atoms with E-state index in [0.717, 1.165) is 5.56 Å². The Labute approximate surface area is 99.4 Å². The topological polar surface area (TPSA) is 34.1 Å². The average molecular weight is 212 g/mol. The van der Waals surface area contributed by atoms with Gasteiger partial charge in [0.1, 0.15) is 0 Å². The van der Waals surface area contributed by atoms with Crippen molar-refractivity contribution in [3.8, 4) is 0 Å². The second-order valence-electron chi connectivity index (χ2n) is 2.21. The molecule has 0 aliphatic rings. The van der Waals surface area contributed by atoms with E-state index >= 15 is 0 Å². The van der Waals surface area contributed by atoms with Crippen molar-refractivity contribution in [2.24, 2.45) is 0 Å². The molecule has 0 fully saturated rings. The van der Waals surface area contributed by atoms with Crippen LogP contribution in [0, 0.1) is 0 Å². The number of rotatable bonds is 2. The fourth-order valence-electron chi connectivity index (χ4n) is 0.785. The molecule has 0 aliphatic heterocycles. The molecular formula is C7H9NaO2S2. The van der Waals surface area contributed by atoms with E-state index in [9.17, 15) is 8.42 Å². The van der Waals surface area contributed by atoms with Crippen LogP contribution in [-0.4, -0.2) is 38.0 Å². The molecule has 0 atom stereocenters. The van der Waals surface area contributed by atoms with Crippen molar-refractivity contribution >= 4 is 50.1 Å². The Kier molecular flexibility index (Phi) is 5.52. The first-order valence-corrected chi connectivity index (χ1v) is 5.77. The Morgan fingerprint density at radius 1 is 1.17 bits per heavy atom. The predicted octanol–water partition coefficient (Wildman–Crippen LogP) is 0.798. The molecule has 0 aromatic heterocycles. The molecule has 0 heterocycles. The van der Waals surface area contributed by atoms with Crippen LogP contribution in [0.15, 0.2) is 30.3 Å². The molecule has 1 rings (SSSR count). The predicted molar refractivity (Wildman–Crippen MR) is 55.2 cm³/mol. The molecule has 0 unspecified atom stereocenters. The van der Waals surface area contributed by atoms with Crippen molar-refractivity contribution < 1.29 is 8.42 Å². The Morgan fingerprint density at radius 2 is 1.67 bits per heavy atom. The summed E-state index contributed by atoms with van der Waals surface area (Å²) in [5, 5.41) is 0. The minimum atomic E-state index is -3.18. The van der Waals surface area contributed by atoms with Crippen molar-refractivity contribution in [3.05, 3.63) is 35.9 Å². The summed E-state index contributed by atoms with van der Waals surface area (Å²) in [5.41, 5.74) is 0.766. The first kappa shape index (κ1) is 12.5. The van der Waals surface area contributed by atoms with Gasteiger partial charge in [0.05, 0.1) is 5.75 Å². The van der Waals surface area contributed by atoms with Gasteiger partial charge in [-0.05, 0) is 17.2 Å². The number of thiol groups is 1. The molecule has 0 N–H and O–H groups in total. The molecule has 0 amide bonds. The molecule has 1 aromatic carbocycles. The molecule has 12 heavy (non-hydrogen) atoms. The van der Waals surface area contributed by atoms with Gasteiger partial charge in [0, 0.05) is 0 Å². The summed E-state index contributed by atoms with van der Waals surface area (Å²) in [6, 6.07) is 8.96. The monoisotopic (exact) mass is 212 g/mol. The summed E-state index contributed by atoms with van der Waals surface area (Å²) >= 11 is 3.44. The van der Waals surface area contributed by atoms with Crippen LogP contribution in [0.5, 0.6) is 0 Å². The maximum atomic E-state index is 10.7. The van der Waals surface area contributed by atoms with Gasteiger partial charge in [-0.2, -0.15) is 0 Å². The van der Waals surface area contributed by atoms with Gasteiger partial charge < -0.3 is 0 Å². The van der Waals surface area contributed by atoms with Crippen LogP contribution in [0.1, 0.15) is 5.56 Å². The Morgan fingerprint density at radius 3 is 2.08 bits per heavy atom. The van der Waals surface area contributed by atoms with Crippen molar-refractivity contribution in [1.29, 1.82) is 0 Å². The van der Waals surface area contributed by atoms with E-state index < -0.39 is 8.87 Å². The third-order valence-electron chi connectivity index (χ3n) is 1.19. The van der Waals surface area contributed by atoms with Crippen LogP contribution < -0.4 is 0 Å². The van der Waals surface area contributed by atoms with E-state index in [1.54, 1.807) is 24.3 Å². The molecule has 5 heteroatoms. The van der Waals surface area contributed by atoms with Crippen LogP contribution in [0.3, 0.4) is 0 Å². The molecule has 0 saturated carbocycles. The van der Waals surface area contributed by atoms with Crippen molar-refractivity contribution in [1.82, 2.24) is 0 Å². The molecule has 0 bridgehead atoms. The zero-order valence-electron chi connectivity index (χ0n) is 5.77. The summed E-state index contributed by atoms with van der Waals surface area (Å²) in [7, 11) is -3.18. The standard InChI is InChI=1S/C7H8O2S2.Na.H/c8-11(9,10)6-7-4-2-1-3-5-7;;/h1-5H,6H2,(H,8,9,10);;. The van der Waals surface area contributed by atoms with Gasteiger partial charge in [-0.25, -0.2) is 8.42 Å². The summed E-state index contributed by atoms with van der Waals surface area (Å²) in [6.45, 7) is 0. The summed E-state index contributed by atoms with van der Waals surface area (Å²) < 4.78 is 21.3. The van der Waals surface area contributed by atoms with Gasteiger partial charge in [0.2, 0.25) is 8.87 Å². The van der Waals surface area contributed by atoms with Crippen molar-refractivity contribution in [2.75, 3.05) is 0 Å². The molecule has 0 radical (unpaired) electrons. The molecule has 62 valence electrons. The van der Waals surface area contributed by atoms with Crippen molar-refractivity contribution in [2.45, 2.75) is 5.75 Å². The summed E-state index contributed by atoms with van der Waals surface area (Å²) in [5.74, 6) is -0.00302. The van der Waals surface area contributed by atoms with Gasteiger partial charge in [0.25, 0.3) is 0 Å². The molecule has 0 saturated heterocycles. The van der Waals surface area contributed by atoms with E-state index in [4.69, 9.17) is 0 Å². The van der Waals surface area contributed by atoms with Gasteiger partial charge in [-0.3, -0.25) is 0 Å². The van der Waals surface area contributed by atoms with Crippen LogP contribution in [0.25, 0.3) is 0 Å². The van der Waals surface area contributed by atoms with Crippen molar-refractivity contribution in [3.63, 3.8) is 0 Å². The van der Waals surface area contributed by atoms with Crippen LogP contribution >= 0.6 is 11.7 Å². The molecule has 2 nitrogen and oxygen atoms in total. The minimum absolute atomic E-state index is 0. The Bertz CT molecular complexity index is 321. The second kappa shape index (κ2) is 5.29. The average Bonchev–Trinajstić information content (AvgIpc) is 1.85. The zero-order chi connectivity index (χ0) is 8.32. The SMILES string of the molecule is O=S(=O)(S)Cc1ccccc1.[NaH]. The van der Waals surface area contributed by atoms with Crippen LogP contribution in [-0.2, 0) is 14.6 Å². The molecule has 0 aliphatic carbocycles. The van der Waals surface area contributed by atoms with Gasteiger partial charge in [-0.1, -0.05) is 30.3 Å². The molecule has 1 aromatic rings. The van der Waals surface area contributed by atoms with E-state index in [2.05, 4.69) is 11.7 Å². The fraction of sp³-hybridized carbons (Fsp3) is 0.143. The number of hydrogen-bond donors (Lipinski definition) is 1. The number of benzene rings is 1. The van der Waals surface area contributed by atoms with Gasteiger partial charge in [0.15, 0.2) is 0 Å². The maximum absolute atomic E-state index is 10.7. The first-order valence-electron chi connectivity index (χ1n) is 3.07. The summed E-state index contributed by atoms with van der Waals surface area (Å²) in [6.07, 6.45) is 0. The third-order valence-corrected chi connectivity index (χ3v) is 2.28. The Hall–Kier alpha value is 0.520. The van der Waals surface area contributed by atoms with Gasteiger partial charge in [-0.15, -0.1) is 0 Å². The fourth-order valence-corrected chi connectivity index (χ4v) is 1.85. The number of hydrogen-bond acceptors (Lipinski definition) is 2. The van der Waals surface area contributed by atoms with Crippen LogP contribution in [0.4, 0.5) is 0 Å². The second-order valence-corrected chi connectivity index (χ2v) is 5.33. The quantitative estimate of drug-likeness (QED) is 0.447. The normalized spacial score (nSPS) is 10.4. The first-order chi connectivity index (χ1) is 5.08. The zero-order valence-corrected chi connectivity index (χ0v) is 7.48. The van der Waals surface area contributed by atoms with E-state index in [1.807, 2.05) is 6.07 Å². The Balaban J connectivity index is 0.00000121. The van der Waals surface area contributed by atoms with E-state index in [1.165, 1.54) is 0 Å². The van der Waals surface area contributed by atoms with Gasteiger partial charge >= 0.3 is 29.6 Å².